The van der Waals surface area contributed by atoms with Crippen LogP contribution in [0.25, 0.3) is 32.6 Å². The number of aromatic amines is 2. The zero-order chi connectivity index (χ0) is 20.0. The Balaban J connectivity index is 1.54. The minimum atomic E-state index is -2.43. The first kappa shape index (κ1) is 18.3. The van der Waals surface area contributed by atoms with Crippen LogP contribution in [0.5, 0.6) is 0 Å². The topological polar surface area (TPSA) is 85.6 Å². The predicted molar refractivity (Wildman–Crippen MR) is 112 cm³/mol. The molecule has 4 N–H and O–H groups in total. The van der Waals surface area contributed by atoms with E-state index in [1.807, 2.05) is 0 Å². The molecular weight excluding hydrogens is 396 g/mol. The van der Waals surface area contributed by atoms with Crippen LogP contribution in [0.15, 0.2) is 29.1 Å². The standard InChI is InChI=1S/C20H19F2N5OS/c21-17(22)9-24-18-8-15-16(29-18)7-12(20(28)27-15)19-25-13-5-10-1-3-23-4-2-11(10)6-14(13)26-19/h5-8,17,23-24H,1-4,9H2,(H,25,26)(H,27,28). The van der Waals surface area contributed by atoms with Crippen molar-refractivity contribution in [3.63, 3.8) is 0 Å². The quantitative estimate of drug-likeness (QED) is 0.411. The highest BCUT2D eigenvalue weighted by Crippen LogP contribution is 2.30. The lowest BCUT2D eigenvalue weighted by molar-refractivity contribution is 0.163. The van der Waals surface area contributed by atoms with E-state index in [2.05, 4.69) is 37.7 Å². The van der Waals surface area contributed by atoms with E-state index in [1.54, 1.807) is 12.1 Å². The molecule has 0 aliphatic carbocycles. The number of anilines is 1. The molecule has 0 atom stereocenters. The van der Waals surface area contributed by atoms with E-state index in [4.69, 9.17) is 0 Å². The van der Waals surface area contributed by atoms with E-state index in [9.17, 15) is 13.6 Å². The number of hydrogen-bond donors (Lipinski definition) is 4. The molecule has 4 aromatic rings. The molecule has 150 valence electrons. The zero-order valence-corrected chi connectivity index (χ0v) is 16.3. The molecule has 3 aromatic heterocycles. The molecule has 5 rings (SSSR count). The Hall–Kier alpha value is -2.78. The number of fused-ring (bicyclic) bond motifs is 3. The molecule has 1 aliphatic rings. The summed E-state index contributed by atoms with van der Waals surface area (Å²) in [6.45, 7) is 1.48. The van der Waals surface area contributed by atoms with Crippen LogP contribution in [0.2, 0.25) is 0 Å². The zero-order valence-electron chi connectivity index (χ0n) is 15.4. The molecule has 1 aromatic carbocycles. The number of imidazole rings is 1. The van der Waals surface area contributed by atoms with Crippen molar-refractivity contribution in [2.24, 2.45) is 0 Å². The Morgan fingerprint density at radius 1 is 1.07 bits per heavy atom. The van der Waals surface area contributed by atoms with Crippen molar-refractivity contribution in [2.45, 2.75) is 19.3 Å². The largest absolute Gasteiger partial charge is 0.371 e. The fourth-order valence-electron chi connectivity index (χ4n) is 3.75. The second-order valence-electron chi connectivity index (χ2n) is 7.15. The number of hydrogen-bond acceptors (Lipinski definition) is 5. The Labute approximate surface area is 168 Å². The molecule has 0 radical (unpaired) electrons. The van der Waals surface area contributed by atoms with E-state index in [1.165, 1.54) is 22.5 Å². The highest BCUT2D eigenvalue weighted by molar-refractivity contribution is 7.22. The lowest BCUT2D eigenvalue weighted by Crippen LogP contribution is -2.16. The number of alkyl halides is 2. The molecule has 6 nitrogen and oxygen atoms in total. The first-order chi connectivity index (χ1) is 14.1. The van der Waals surface area contributed by atoms with Crippen LogP contribution in [-0.2, 0) is 12.8 Å². The van der Waals surface area contributed by atoms with Gasteiger partial charge >= 0.3 is 0 Å². The second-order valence-corrected chi connectivity index (χ2v) is 8.23. The predicted octanol–water partition coefficient (Wildman–Crippen LogP) is 3.50. The van der Waals surface area contributed by atoms with Gasteiger partial charge in [0.05, 0.1) is 38.4 Å². The van der Waals surface area contributed by atoms with E-state index in [-0.39, 0.29) is 5.56 Å². The van der Waals surface area contributed by atoms with E-state index in [0.717, 1.165) is 41.7 Å². The highest BCUT2D eigenvalue weighted by atomic mass is 32.1. The second kappa shape index (κ2) is 7.23. The maximum absolute atomic E-state index is 12.6. The smallest absolute Gasteiger partial charge is 0.259 e. The average molecular weight is 415 g/mol. The first-order valence-electron chi connectivity index (χ1n) is 9.48. The Morgan fingerprint density at radius 3 is 2.66 bits per heavy atom. The summed E-state index contributed by atoms with van der Waals surface area (Å²) in [5, 5.41) is 6.68. The van der Waals surface area contributed by atoms with Crippen LogP contribution in [0.3, 0.4) is 0 Å². The molecule has 4 heterocycles. The summed E-state index contributed by atoms with van der Waals surface area (Å²) in [7, 11) is 0. The summed E-state index contributed by atoms with van der Waals surface area (Å²) in [6, 6.07) is 7.66. The lowest BCUT2D eigenvalue weighted by atomic mass is 10.0. The third kappa shape index (κ3) is 3.51. The number of thiophene rings is 1. The van der Waals surface area contributed by atoms with Gasteiger partial charge in [-0.1, -0.05) is 0 Å². The number of H-pyrrole nitrogens is 2. The molecule has 0 saturated carbocycles. The SMILES string of the molecule is O=c1[nH]c2cc(NCC(F)F)sc2cc1-c1nc2cc3c(cc2[nH]1)CCNCC3. The molecule has 0 unspecified atom stereocenters. The number of nitrogens with zero attached hydrogens (tertiary/aromatic N) is 1. The molecule has 0 fully saturated rings. The van der Waals surface area contributed by atoms with Crippen molar-refractivity contribution >= 4 is 37.6 Å². The number of nitrogens with one attached hydrogen (secondary N) is 4. The highest BCUT2D eigenvalue weighted by Gasteiger charge is 2.15. The average Bonchev–Trinajstić information content (AvgIpc) is 3.20. The van der Waals surface area contributed by atoms with Crippen LogP contribution in [0.4, 0.5) is 13.8 Å². The number of benzene rings is 1. The van der Waals surface area contributed by atoms with Gasteiger partial charge in [-0.2, -0.15) is 0 Å². The van der Waals surface area contributed by atoms with Gasteiger partial charge < -0.3 is 20.6 Å². The Morgan fingerprint density at radius 2 is 1.86 bits per heavy atom. The summed E-state index contributed by atoms with van der Waals surface area (Å²) >= 11 is 1.32. The summed E-state index contributed by atoms with van der Waals surface area (Å²) in [5.74, 6) is 0.511. The third-order valence-corrected chi connectivity index (χ3v) is 6.20. The molecule has 0 amide bonds. The number of aromatic nitrogens is 3. The van der Waals surface area contributed by atoms with Crippen molar-refractivity contribution in [3.8, 4) is 11.4 Å². The summed E-state index contributed by atoms with van der Waals surface area (Å²) in [5.41, 5.74) is 5.13. The van der Waals surface area contributed by atoms with E-state index >= 15 is 0 Å². The van der Waals surface area contributed by atoms with Gasteiger partial charge in [0.15, 0.2) is 0 Å². The molecule has 9 heteroatoms. The van der Waals surface area contributed by atoms with Gasteiger partial charge in [-0.25, -0.2) is 13.8 Å². The van der Waals surface area contributed by atoms with Crippen LogP contribution in [-0.4, -0.2) is 41.0 Å². The van der Waals surface area contributed by atoms with Crippen LogP contribution in [0, 0.1) is 0 Å². The Bertz CT molecular complexity index is 1220. The third-order valence-electron chi connectivity index (χ3n) is 5.16. The van der Waals surface area contributed by atoms with Crippen molar-refractivity contribution < 1.29 is 8.78 Å². The van der Waals surface area contributed by atoms with Gasteiger partial charge in [0, 0.05) is 0 Å². The van der Waals surface area contributed by atoms with Gasteiger partial charge in [-0.15, -0.1) is 11.3 Å². The van der Waals surface area contributed by atoms with Crippen molar-refractivity contribution in [1.82, 2.24) is 20.3 Å². The fourth-order valence-corrected chi connectivity index (χ4v) is 4.71. The normalized spacial score (nSPS) is 14.4. The van der Waals surface area contributed by atoms with Crippen LogP contribution >= 0.6 is 11.3 Å². The number of pyridine rings is 1. The molecule has 0 bridgehead atoms. The maximum Gasteiger partial charge on any atom is 0.259 e. The summed E-state index contributed by atoms with van der Waals surface area (Å²) < 4.78 is 25.7. The van der Waals surface area contributed by atoms with Crippen LogP contribution in [0.1, 0.15) is 11.1 Å². The Kier molecular flexibility index (Phi) is 4.56. The van der Waals surface area contributed by atoms with Gasteiger partial charge in [-0.3, -0.25) is 4.79 Å². The van der Waals surface area contributed by atoms with E-state index < -0.39 is 13.0 Å². The fraction of sp³-hybridized carbons (Fsp3) is 0.300. The number of halogens is 2. The lowest BCUT2D eigenvalue weighted by Gasteiger charge is -2.03. The van der Waals surface area contributed by atoms with Gasteiger partial charge in [0.2, 0.25) is 0 Å². The molecule has 0 spiro atoms. The van der Waals surface area contributed by atoms with Gasteiger partial charge in [0.25, 0.3) is 12.0 Å². The van der Waals surface area contributed by atoms with E-state index in [0.29, 0.717) is 21.9 Å². The van der Waals surface area contributed by atoms with Crippen LogP contribution < -0.4 is 16.2 Å². The number of rotatable bonds is 4. The first-order valence-corrected chi connectivity index (χ1v) is 10.3. The van der Waals surface area contributed by atoms with Crippen molar-refractivity contribution in [1.29, 1.82) is 0 Å². The summed E-state index contributed by atoms with van der Waals surface area (Å²) in [6.07, 6.45) is -0.504. The molecular formula is C20H19F2N5OS. The molecule has 29 heavy (non-hydrogen) atoms. The van der Waals surface area contributed by atoms with Gasteiger partial charge in [0.1, 0.15) is 5.82 Å². The monoisotopic (exact) mass is 415 g/mol. The molecule has 0 saturated heterocycles. The summed E-state index contributed by atoms with van der Waals surface area (Å²) in [4.78, 5) is 23.4. The minimum Gasteiger partial charge on any atom is -0.371 e. The van der Waals surface area contributed by atoms with Crippen molar-refractivity contribution in [3.05, 3.63) is 45.7 Å². The van der Waals surface area contributed by atoms with Gasteiger partial charge in [-0.05, 0) is 61.3 Å². The minimum absolute atomic E-state index is 0.263. The maximum atomic E-state index is 12.6. The molecule has 1 aliphatic heterocycles. The van der Waals surface area contributed by atoms with Crippen molar-refractivity contribution in [2.75, 3.05) is 25.0 Å².